The Morgan fingerprint density at radius 2 is 2.07 bits per heavy atom. The lowest BCUT2D eigenvalue weighted by Gasteiger charge is -2.02. The predicted molar refractivity (Wildman–Crippen MR) is 60.6 cm³/mol. The van der Waals surface area contributed by atoms with Crippen LogP contribution in [-0.2, 0) is 11.3 Å². The van der Waals surface area contributed by atoms with Crippen LogP contribution in [0.2, 0.25) is 0 Å². The summed E-state index contributed by atoms with van der Waals surface area (Å²) in [5.74, 6) is 0. The SMILES string of the molecule is CCCCOCCCn1c(=O)[nH][nH]c1=S. The van der Waals surface area contributed by atoms with E-state index in [-0.39, 0.29) is 5.69 Å². The molecule has 0 unspecified atom stereocenters. The van der Waals surface area contributed by atoms with E-state index in [0.717, 1.165) is 25.9 Å². The molecule has 0 aliphatic rings. The summed E-state index contributed by atoms with van der Waals surface area (Å²) in [4.78, 5) is 11.2. The van der Waals surface area contributed by atoms with E-state index < -0.39 is 0 Å². The van der Waals surface area contributed by atoms with Gasteiger partial charge in [-0.1, -0.05) is 13.3 Å². The molecule has 0 fully saturated rings. The van der Waals surface area contributed by atoms with Crippen LogP contribution in [-0.4, -0.2) is 28.0 Å². The molecule has 1 heterocycles. The molecule has 1 aromatic rings. The zero-order valence-corrected chi connectivity index (χ0v) is 9.73. The quantitative estimate of drug-likeness (QED) is 0.551. The Morgan fingerprint density at radius 3 is 2.67 bits per heavy atom. The van der Waals surface area contributed by atoms with Crippen LogP contribution in [0.5, 0.6) is 0 Å². The fourth-order valence-corrected chi connectivity index (χ4v) is 1.44. The van der Waals surface area contributed by atoms with E-state index in [9.17, 15) is 4.79 Å². The highest BCUT2D eigenvalue weighted by atomic mass is 32.1. The lowest BCUT2D eigenvalue weighted by Crippen LogP contribution is -2.18. The van der Waals surface area contributed by atoms with Gasteiger partial charge in [0, 0.05) is 19.8 Å². The van der Waals surface area contributed by atoms with Gasteiger partial charge in [-0.05, 0) is 25.1 Å². The lowest BCUT2D eigenvalue weighted by molar-refractivity contribution is 0.125. The van der Waals surface area contributed by atoms with Gasteiger partial charge in [0.15, 0.2) is 4.77 Å². The summed E-state index contributed by atoms with van der Waals surface area (Å²) in [5.41, 5.74) is -0.187. The van der Waals surface area contributed by atoms with Crippen molar-refractivity contribution in [1.82, 2.24) is 14.8 Å². The maximum Gasteiger partial charge on any atom is 0.342 e. The summed E-state index contributed by atoms with van der Waals surface area (Å²) in [6.45, 7) is 4.20. The van der Waals surface area contributed by atoms with Gasteiger partial charge in [-0.25, -0.2) is 9.89 Å². The predicted octanol–water partition coefficient (Wildman–Crippen LogP) is 1.44. The Kier molecular flexibility index (Phi) is 5.34. The Labute approximate surface area is 93.4 Å². The third kappa shape index (κ3) is 4.01. The van der Waals surface area contributed by atoms with Gasteiger partial charge >= 0.3 is 5.69 Å². The first-order valence-corrected chi connectivity index (χ1v) is 5.61. The van der Waals surface area contributed by atoms with Crippen molar-refractivity contribution in [3.8, 4) is 0 Å². The number of aromatic nitrogens is 3. The Balaban J connectivity index is 2.21. The van der Waals surface area contributed by atoms with Crippen LogP contribution in [0.25, 0.3) is 0 Å². The van der Waals surface area contributed by atoms with Crippen LogP contribution in [0.4, 0.5) is 0 Å². The second kappa shape index (κ2) is 6.58. The molecule has 0 aromatic carbocycles. The monoisotopic (exact) mass is 231 g/mol. The first kappa shape index (κ1) is 12.2. The van der Waals surface area contributed by atoms with Gasteiger partial charge in [0.05, 0.1) is 0 Å². The molecule has 2 N–H and O–H groups in total. The molecular formula is C9H17N3O2S. The van der Waals surface area contributed by atoms with Crippen LogP contribution in [0, 0.1) is 4.77 Å². The van der Waals surface area contributed by atoms with E-state index >= 15 is 0 Å². The third-order valence-electron chi connectivity index (χ3n) is 2.08. The van der Waals surface area contributed by atoms with Crippen molar-refractivity contribution in [1.29, 1.82) is 0 Å². The molecule has 0 aliphatic heterocycles. The van der Waals surface area contributed by atoms with Crippen molar-refractivity contribution >= 4 is 12.2 Å². The van der Waals surface area contributed by atoms with E-state index in [1.54, 1.807) is 0 Å². The summed E-state index contributed by atoms with van der Waals surface area (Å²) in [6.07, 6.45) is 3.03. The van der Waals surface area contributed by atoms with Crippen molar-refractivity contribution < 1.29 is 4.74 Å². The summed E-state index contributed by atoms with van der Waals surface area (Å²) >= 11 is 4.93. The highest BCUT2D eigenvalue weighted by molar-refractivity contribution is 7.71. The highest BCUT2D eigenvalue weighted by Gasteiger charge is 1.98. The Hall–Kier alpha value is -0.880. The van der Waals surface area contributed by atoms with Gasteiger partial charge < -0.3 is 4.74 Å². The van der Waals surface area contributed by atoms with Crippen LogP contribution < -0.4 is 5.69 Å². The molecule has 1 aromatic heterocycles. The number of nitrogens with zero attached hydrogens (tertiary/aromatic N) is 1. The molecule has 0 saturated heterocycles. The van der Waals surface area contributed by atoms with E-state index in [2.05, 4.69) is 17.1 Å². The normalized spacial score (nSPS) is 10.7. The van der Waals surface area contributed by atoms with Crippen molar-refractivity contribution in [3.05, 3.63) is 15.3 Å². The minimum atomic E-state index is -0.187. The average molecular weight is 231 g/mol. The number of aromatic amines is 2. The maximum absolute atomic E-state index is 11.2. The Morgan fingerprint density at radius 1 is 1.33 bits per heavy atom. The molecule has 6 heteroatoms. The second-order valence-electron chi connectivity index (χ2n) is 3.33. The number of ether oxygens (including phenoxy) is 1. The van der Waals surface area contributed by atoms with Crippen molar-refractivity contribution in [3.63, 3.8) is 0 Å². The van der Waals surface area contributed by atoms with Crippen molar-refractivity contribution in [2.45, 2.75) is 32.7 Å². The number of H-pyrrole nitrogens is 2. The first-order valence-electron chi connectivity index (χ1n) is 5.21. The zero-order valence-electron chi connectivity index (χ0n) is 8.91. The van der Waals surface area contributed by atoms with E-state index in [1.807, 2.05) is 0 Å². The van der Waals surface area contributed by atoms with Crippen LogP contribution in [0.15, 0.2) is 4.79 Å². The van der Waals surface area contributed by atoms with Gasteiger partial charge in [-0.3, -0.25) is 9.67 Å². The Bertz CT molecular complexity index is 352. The smallest absolute Gasteiger partial charge is 0.342 e. The molecule has 86 valence electrons. The molecule has 5 nitrogen and oxygen atoms in total. The molecular weight excluding hydrogens is 214 g/mol. The molecule has 0 amide bonds. The topological polar surface area (TPSA) is 62.8 Å². The van der Waals surface area contributed by atoms with Gasteiger partial charge in [0.1, 0.15) is 0 Å². The molecule has 15 heavy (non-hydrogen) atoms. The van der Waals surface area contributed by atoms with Crippen molar-refractivity contribution in [2.75, 3.05) is 13.2 Å². The number of nitrogens with one attached hydrogen (secondary N) is 2. The molecule has 1 rings (SSSR count). The fraction of sp³-hybridized carbons (Fsp3) is 0.778. The minimum Gasteiger partial charge on any atom is -0.381 e. The lowest BCUT2D eigenvalue weighted by atomic mass is 10.4. The average Bonchev–Trinajstić information content (AvgIpc) is 2.54. The molecule has 0 atom stereocenters. The van der Waals surface area contributed by atoms with Crippen LogP contribution in [0.1, 0.15) is 26.2 Å². The molecule has 0 saturated carbocycles. The molecule has 0 bridgehead atoms. The fourth-order valence-electron chi connectivity index (χ4n) is 1.21. The first-order chi connectivity index (χ1) is 7.25. The van der Waals surface area contributed by atoms with E-state index in [0.29, 0.717) is 17.9 Å². The minimum absolute atomic E-state index is 0.187. The summed E-state index contributed by atoms with van der Waals surface area (Å²) < 4.78 is 7.32. The third-order valence-corrected chi connectivity index (χ3v) is 2.40. The van der Waals surface area contributed by atoms with E-state index in [4.69, 9.17) is 17.0 Å². The summed E-state index contributed by atoms with van der Waals surface area (Å²) in [5, 5.41) is 5.03. The van der Waals surface area contributed by atoms with Crippen molar-refractivity contribution in [2.24, 2.45) is 0 Å². The second-order valence-corrected chi connectivity index (χ2v) is 3.72. The molecule has 0 spiro atoms. The largest absolute Gasteiger partial charge is 0.381 e. The standard InChI is InChI=1S/C9H17N3O2S/c1-2-3-6-14-7-4-5-12-8(13)10-11-9(12)15/h2-7H2,1H3,(H,10,13)(H,11,15). The van der Waals surface area contributed by atoms with Gasteiger partial charge in [0.25, 0.3) is 0 Å². The summed E-state index contributed by atoms with van der Waals surface area (Å²) in [7, 11) is 0. The number of rotatable bonds is 7. The molecule has 0 aliphatic carbocycles. The number of unbranched alkanes of at least 4 members (excludes halogenated alkanes) is 1. The van der Waals surface area contributed by atoms with Crippen LogP contribution in [0.3, 0.4) is 0 Å². The zero-order chi connectivity index (χ0) is 11.1. The summed E-state index contributed by atoms with van der Waals surface area (Å²) in [6, 6.07) is 0. The van der Waals surface area contributed by atoms with Gasteiger partial charge in [-0.2, -0.15) is 0 Å². The van der Waals surface area contributed by atoms with Gasteiger partial charge in [0.2, 0.25) is 0 Å². The molecule has 0 radical (unpaired) electrons. The number of hydrogen-bond acceptors (Lipinski definition) is 3. The number of hydrogen-bond donors (Lipinski definition) is 2. The van der Waals surface area contributed by atoms with Crippen LogP contribution >= 0.6 is 12.2 Å². The van der Waals surface area contributed by atoms with Gasteiger partial charge in [-0.15, -0.1) is 0 Å². The highest BCUT2D eigenvalue weighted by Crippen LogP contribution is 1.92. The maximum atomic E-state index is 11.2. The van der Waals surface area contributed by atoms with E-state index in [1.165, 1.54) is 4.57 Å².